The van der Waals surface area contributed by atoms with E-state index in [1.165, 1.54) is 84.7 Å². The van der Waals surface area contributed by atoms with Crippen LogP contribution in [-0.4, -0.2) is 11.1 Å². The first-order chi connectivity index (χ1) is 25.4. The van der Waals surface area contributed by atoms with Gasteiger partial charge in [-0.05, 0) is 119 Å². The van der Waals surface area contributed by atoms with Gasteiger partial charge in [0, 0.05) is 26.5 Å². The third-order valence-corrected chi connectivity index (χ3v) is 11.4. The lowest BCUT2D eigenvalue weighted by molar-refractivity contribution is 0.0697. The molecule has 1 aliphatic rings. The van der Waals surface area contributed by atoms with Crippen molar-refractivity contribution in [2.24, 2.45) is 0 Å². The van der Waals surface area contributed by atoms with Gasteiger partial charge in [0.1, 0.15) is 17.7 Å². The van der Waals surface area contributed by atoms with Gasteiger partial charge in [-0.2, -0.15) is 10.5 Å². The Labute approximate surface area is 311 Å². The lowest BCUT2D eigenvalue weighted by Crippen LogP contribution is -2.25. The first-order valence-electron chi connectivity index (χ1n) is 18.5. The molecule has 262 valence electrons. The molecule has 0 saturated heterocycles. The minimum atomic E-state index is -0.933. The van der Waals surface area contributed by atoms with E-state index in [9.17, 15) is 20.4 Å². The summed E-state index contributed by atoms with van der Waals surface area (Å²) >= 11 is 1.62. The van der Waals surface area contributed by atoms with Crippen molar-refractivity contribution in [2.75, 3.05) is 5.32 Å². The summed E-state index contributed by atoms with van der Waals surface area (Å²) in [7, 11) is 0. The van der Waals surface area contributed by atoms with Crippen molar-refractivity contribution < 1.29 is 9.90 Å². The van der Waals surface area contributed by atoms with Crippen molar-refractivity contribution >= 4 is 34.8 Å². The van der Waals surface area contributed by atoms with Crippen molar-refractivity contribution in [1.29, 1.82) is 10.5 Å². The number of thiophene rings is 1. The van der Waals surface area contributed by atoms with Crippen LogP contribution in [0.25, 0.3) is 38.8 Å². The molecule has 1 heterocycles. The van der Waals surface area contributed by atoms with Gasteiger partial charge in [-0.25, -0.2) is 4.79 Å². The lowest BCUT2D eigenvalue weighted by atomic mass is 9.70. The Kier molecular flexibility index (Phi) is 11.7. The summed E-state index contributed by atoms with van der Waals surface area (Å²) in [5, 5.41) is 31.2. The highest BCUT2D eigenvalue weighted by Gasteiger charge is 2.42. The van der Waals surface area contributed by atoms with Crippen LogP contribution >= 0.6 is 11.3 Å². The molecule has 0 saturated carbocycles. The molecule has 0 radical (unpaired) electrons. The maximum absolute atomic E-state index is 11.3. The first-order valence-corrected chi connectivity index (χ1v) is 19.3. The van der Waals surface area contributed by atoms with Gasteiger partial charge in [0.15, 0.2) is 0 Å². The molecular formula is C46H45N3O2S. The van der Waals surface area contributed by atoms with E-state index in [0.29, 0.717) is 0 Å². The van der Waals surface area contributed by atoms with E-state index in [-0.39, 0.29) is 16.6 Å². The molecule has 0 spiro atoms. The summed E-state index contributed by atoms with van der Waals surface area (Å²) in [5.74, 6) is -0.933. The van der Waals surface area contributed by atoms with E-state index < -0.39 is 5.97 Å². The molecule has 0 amide bonds. The van der Waals surface area contributed by atoms with E-state index in [2.05, 4.69) is 85.9 Å². The molecule has 0 aliphatic heterocycles. The van der Waals surface area contributed by atoms with Crippen molar-refractivity contribution in [3.63, 3.8) is 0 Å². The van der Waals surface area contributed by atoms with Crippen LogP contribution in [0.15, 0.2) is 103 Å². The third-order valence-electron chi connectivity index (χ3n) is 10.4. The summed E-state index contributed by atoms with van der Waals surface area (Å²) < 4.78 is 0. The summed E-state index contributed by atoms with van der Waals surface area (Å²) in [4.78, 5) is 13.3. The highest BCUT2D eigenvalue weighted by Crippen LogP contribution is 2.56. The zero-order valence-corrected chi connectivity index (χ0v) is 30.9. The number of nitriles is 2. The van der Waals surface area contributed by atoms with Crippen LogP contribution in [0.5, 0.6) is 0 Å². The van der Waals surface area contributed by atoms with Gasteiger partial charge in [-0.1, -0.05) is 102 Å². The summed E-state index contributed by atoms with van der Waals surface area (Å²) in [6.07, 6.45) is 13.6. The predicted octanol–water partition coefficient (Wildman–Crippen LogP) is 13.2. The Morgan fingerprint density at radius 1 is 0.692 bits per heavy atom. The van der Waals surface area contributed by atoms with E-state index in [1.807, 2.05) is 18.2 Å². The maximum Gasteiger partial charge on any atom is 0.335 e. The number of hydrogen-bond acceptors (Lipinski definition) is 5. The molecule has 0 bridgehead atoms. The number of anilines is 2. The SMILES string of the molecule is CCCCCCC1(CCCCCC)c2cc(-c3ccc(Nc4ccc(C(=O)O)cc4)cc3)ccc2-c2ccc(-c3ccc(C=C(C#N)C#N)s3)cc21. The van der Waals surface area contributed by atoms with Crippen molar-refractivity contribution in [2.45, 2.75) is 83.5 Å². The number of rotatable bonds is 16. The topological polar surface area (TPSA) is 96.9 Å². The molecule has 0 unspecified atom stereocenters. The fourth-order valence-corrected chi connectivity index (χ4v) is 8.57. The maximum atomic E-state index is 11.3. The average Bonchev–Trinajstić information content (AvgIpc) is 3.75. The average molecular weight is 704 g/mol. The number of allylic oxidation sites excluding steroid dienone is 1. The van der Waals surface area contributed by atoms with Gasteiger partial charge < -0.3 is 10.4 Å². The van der Waals surface area contributed by atoms with E-state index in [0.717, 1.165) is 39.5 Å². The highest BCUT2D eigenvalue weighted by molar-refractivity contribution is 7.16. The highest BCUT2D eigenvalue weighted by atomic mass is 32.1. The normalized spacial score (nSPS) is 12.3. The lowest BCUT2D eigenvalue weighted by Gasteiger charge is -2.33. The number of carboxylic acid groups (broad SMARTS) is 1. The van der Waals surface area contributed by atoms with Gasteiger partial charge in [-0.15, -0.1) is 11.3 Å². The summed E-state index contributed by atoms with van der Waals surface area (Å²) in [6.45, 7) is 4.55. The van der Waals surface area contributed by atoms with Crippen LogP contribution in [0, 0.1) is 22.7 Å². The number of benzene rings is 4. The second kappa shape index (κ2) is 16.7. The number of nitrogens with one attached hydrogen (secondary N) is 1. The largest absolute Gasteiger partial charge is 0.478 e. The zero-order valence-electron chi connectivity index (χ0n) is 30.0. The van der Waals surface area contributed by atoms with Gasteiger partial charge in [-0.3, -0.25) is 0 Å². The smallest absolute Gasteiger partial charge is 0.335 e. The molecule has 0 fully saturated rings. The molecule has 52 heavy (non-hydrogen) atoms. The molecule has 0 atom stereocenters. The number of carboxylic acids is 1. The van der Waals surface area contributed by atoms with Crippen molar-refractivity contribution in [1.82, 2.24) is 0 Å². The van der Waals surface area contributed by atoms with Gasteiger partial charge in [0.05, 0.1) is 5.56 Å². The second-order valence-electron chi connectivity index (χ2n) is 13.8. The van der Waals surface area contributed by atoms with E-state index >= 15 is 0 Å². The van der Waals surface area contributed by atoms with Crippen LogP contribution in [-0.2, 0) is 5.41 Å². The first kappa shape index (κ1) is 36.4. The van der Waals surface area contributed by atoms with Crippen LogP contribution in [0.3, 0.4) is 0 Å². The molecule has 6 rings (SSSR count). The number of nitrogens with zero attached hydrogens (tertiary/aromatic N) is 2. The molecule has 1 aromatic heterocycles. The number of fused-ring (bicyclic) bond motifs is 3. The molecule has 4 aromatic carbocycles. The van der Waals surface area contributed by atoms with Crippen LogP contribution in [0.4, 0.5) is 11.4 Å². The Balaban J connectivity index is 1.37. The predicted molar refractivity (Wildman–Crippen MR) is 215 cm³/mol. The monoisotopic (exact) mass is 703 g/mol. The fraction of sp³-hybridized carbons (Fsp3) is 0.283. The van der Waals surface area contributed by atoms with Gasteiger partial charge >= 0.3 is 5.97 Å². The molecule has 2 N–H and O–H groups in total. The fourth-order valence-electron chi connectivity index (χ4n) is 7.62. The number of aromatic carboxylic acids is 1. The molecular weight excluding hydrogens is 659 g/mol. The van der Waals surface area contributed by atoms with E-state index in [1.54, 1.807) is 41.7 Å². The Morgan fingerprint density at radius 2 is 1.23 bits per heavy atom. The third kappa shape index (κ3) is 7.89. The Morgan fingerprint density at radius 3 is 1.79 bits per heavy atom. The minimum absolute atomic E-state index is 0.0867. The summed E-state index contributed by atoms with van der Waals surface area (Å²) in [5.41, 5.74) is 11.2. The Hall–Kier alpha value is -5.43. The standard InChI is InChI=1S/C46H45N3O2S/c1-3-5-7-9-25-46(26-10-8-6-4-2)42-28-35(33-11-17-37(18-12-33)49-38-19-13-34(14-20-38)45(50)51)15-22-40(42)41-23-16-36(29-43(41)46)44-24-21-39(52-44)27-32(30-47)31-48/h11-24,27-29,49H,3-10,25-26H2,1-2H3,(H,50,51). The Bertz CT molecular complexity index is 2120. The van der Waals surface area contributed by atoms with Crippen LogP contribution in [0.1, 0.15) is 104 Å². The van der Waals surface area contributed by atoms with Gasteiger partial charge in [0.2, 0.25) is 0 Å². The van der Waals surface area contributed by atoms with Gasteiger partial charge in [0.25, 0.3) is 0 Å². The molecule has 5 nitrogen and oxygen atoms in total. The quantitative estimate of drug-likeness (QED) is 0.0787. The second-order valence-corrected chi connectivity index (χ2v) is 14.9. The molecule has 6 heteroatoms. The van der Waals surface area contributed by atoms with Crippen molar-refractivity contribution in [3.8, 4) is 44.8 Å². The zero-order chi connectivity index (χ0) is 36.5. The molecule has 1 aliphatic carbocycles. The van der Waals surface area contributed by atoms with Crippen molar-refractivity contribution in [3.05, 3.63) is 124 Å². The van der Waals surface area contributed by atoms with E-state index in [4.69, 9.17) is 0 Å². The van der Waals surface area contributed by atoms with Crippen LogP contribution in [0.2, 0.25) is 0 Å². The number of carbonyl (C=O) groups is 1. The summed E-state index contributed by atoms with van der Waals surface area (Å²) in [6, 6.07) is 37.4. The number of unbranched alkanes of at least 4 members (excludes halogenated alkanes) is 6. The molecule has 5 aromatic rings. The number of hydrogen-bond donors (Lipinski definition) is 2. The van der Waals surface area contributed by atoms with Crippen LogP contribution < -0.4 is 5.32 Å². The minimum Gasteiger partial charge on any atom is -0.478 e.